The highest BCUT2D eigenvalue weighted by molar-refractivity contribution is 5.87. The number of nitrogens with zero attached hydrogens (tertiary/aromatic N) is 3. The second-order valence-electron chi connectivity index (χ2n) is 4.15. The normalized spacial score (nSPS) is 20.8. The second-order valence-corrected chi connectivity index (χ2v) is 4.15. The van der Waals surface area contributed by atoms with Gasteiger partial charge in [0, 0.05) is 12.6 Å². The Morgan fingerprint density at radius 1 is 1.56 bits per heavy atom. The summed E-state index contributed by atoms with van der Waals surface area (Å²) in [4.78, 5) is 13.0. The molecule has 2 heterocycles. The van der Waals surface area contributed by atoms with E-state index in [1.165, 1.54) is 12.6 Å². The summed E-state index contributed by atoms with van der Waals surface area (Å²) < 4.78 is 0. The largest absolute Gasteiger partial charge is 0.478 e. The number of piperidine rings is 1. The molecule has 0 amide bonds. The van der Waals surface area contributed by atoms with Crippen LogP contribution >= 0.6 is 0 Å². The average molecular weight is 221 g/mol. The van der Waals surface area contributed by atoms with Crippen molar-refractivity contribution < 1.29 is 9.90 Å². The first-order valence-electron chi connectivity index (χ1n) is 5.51. The number of carboxylic acids is 1. The molecule has 1 aliphatic rings. The Labute approximate surface area is 94.1 Å². The van der Waals surface area contributed by atoms with E-state index in [-0.39, 0.29) is 5.56 Å². The zero-order valence-corrected chi connectivity index (χ0v) is 9.26. The van der Waals surface area contributed by atoms with Crippen molar-refractivity contribution in [3.8, 4) is 0 Å². The SMILES string of the molecule is C[C@@H]1CCCCN1c1cc(C(=O)O)cnn1. The van der Waals surface area contributed by atoms with Gasteiger partial charge in [0.2, 0.25) is 0 Å². The summed E-state index contributed by atoms with van der Waals surface area (Å²) in [7, 11) is 0. The quantitative estimate of drug-likeness (QED) is 0.820. The maximum absolute atomic E-state index is 10.8. The van der Waals surface area contributed by atoms with Gasteiger partial charge in [0.15, 0.2) is 5.82 Å². The minimum Gasteiger partial charge on any atom is -0.478 e. The van der Waals surface area contributed by atoms with E-state index < -0.39 is 5.97 Å². The van der Waals surface area contributed by atoms with Crippen LogP contribution in [0.2, 0.25) is 0 Å². The fourth-order valence-corrected chi connectivity index (χ4v) is 2.05. The number of carbonyl (C=O) groups is 1. The molecule has 1 N–H and O–H groups in total. The summed E-state index contributed by atoms with van der Waals surface area (Å²) in [6.45, 7) is 3.06. The van der Waals surface area contributed by atoms with Crippen molar-refractivity contribution in [3.05, 3.63) is 17.8 Å². The Balaban J connectivity index is 2.25. The molecule has 5 heteroatoms. The van der Waals surface area contributed by atoms with Crippen molar-refractivity contribution in [2.24, 2.45) is 0 Å². The third-order valence-corrected chi connectivity index (χ3v) is 2.99. The molecule has 16 heavy (non-hydrogen) atoms. The van der Waals surface area contributed by atoms with Gasteiger partial charge in [0.25, 0.3) is 0 Å². The monoisotopic (exact) mass is 221 g/mol. The van der Waals surface area contributed by atoms with Crippen LogP contribution in [0.25, 0.3) is 0 Å². The van der Waals surface area contributed by atoms with Gasteiger partial charge >= 0.3 is 5.97 Å². The van der Waals surface area contributed by atoms with Crippen LogP contribution in [0.5, 0.6) is 0 Å². The maximum Gasteiger partial charge on any atom is 0.337 e. The molecule has 1 aromatic heterocycles. The van der Waals surface area contributed by atoms with Gasteiger partial charge in [0.1, 0.15) is 0 Å². The summed E-state index contributed by atoms with van der Waals surface area (Å²) in [5.74, 6) is -0.284. The Morgan fingerprint density at radius 3 is 3.06 bits per heavy atom. The van der Waals surface area contributed by atoms with Crippen molar-refractivity contribution in [1.29, 1.82) is 0 Å². The van der Waals surface area contributed by atoms with Crippen LogP contribution in [0.1, 0.15) is 36.5 Å². The molecular formula is C11H15N3O2. The van der Waals surface area contributed by atoms with E-state index in [9.17, 15) is 4.79 Å². The van der Waals surface area contributed by atoms with Crippen molar-refractivity contribution in [1.82, 2.24) is 10.2 Å². The van der Waals surface area contributed by atoms with Crippen molar-refractivity contribution in [2.45, 2.75) is 32.2 Å². The molecule has 2 rings (SSSR count). The molecule has 1 aromatic rings. The molecule has 0 aromatic carbocycles. The molecule has 0 spiro atoms. The van der Waals surface area contributed by atoms with Crippen LogP contribution in [0, 0.1) is 0 Å². The summed E-state index contributed by atoms with van der Waals surface area (Å²) in [6, 6.07) is 2.00. The topological polar surface area (TPSA) is 66.3 Å². The predicted molar refractivity (Wildman–Crippen MR) is 59.7 cm³/mol. The van der Waals surface area contributed by atoms with Gasteiger partial charge in [-0.15, -0.1) is 5.10 Å². The summed E-state index contributed by atoms with van der Waals surface area (Å²) >= 11 is 0. The van der Waals surface area contributed by atoms with Crippen molar-refractivity contribution in [2.75, 3.05) is 11.4 Å². The van der Waals surface area contributed by atoms with Crippen molar-refractivity contribution in [3.63, 3.8) is 0 Å². The van der Waals surface area contributed by atoms with Crippen LogP contribution < -0.4 is 4.90 Å². The third kappa shape index (κ3) is 2.13. The van der Waals surface area contributed by atoms with E-state index in [0.29, 0.717) is 11.9 Å². The van der Waals surface area contributed by atoms with E-state index in [0.717, 1.165) is 19.4 Å². The summed E-state index contributed by atoms with van der Waals surface area (Å²) in [6.07, 6.45) is 4.76. The Kier molecular flexibility index (Phi) is 3.03. The van der Waals surface area contributed by atoms with E-state index in [1.54, 1.807) is 6.07 Å². The van der Waals surface area contributed by atoms with Gasteiger partial charge in [0.05, 0.1) is 11.8 Å². The van der Waals surface area contributed by atoms with Crippen LogP contribution in [0.4, 0.5) is 5.82 Å². The minimum atomic E-state index is -0.958. The highest BCUT2D eigenvalue weighted by atomic mass is 16.4. The summed E-state index contributed by atoms with van der Waals surface area (Å²) in [5, 5.41) is 16.6. The Bertz CT molecular complexity index is 395. The fourth-order valence-electron chi connectivity index (χ4n) is 2.05. The number of rotatable bonds is 2. The van der Waals surface area contributed by atoms with Gasteiger partial charge < -0.3 is 10.0 Å². The number of aromatic nitrogens is 2. The molecule has 1 atom stereocenters. The molecule has 1 saturated heterocycles. The van der Waals surface area contributed by atoms with E-state index in [4.69, 9.17) is 5.11 Å². The van der Waals surface area contributed by atoms with Gasteiger partial charge in [-0.2, -0.15) is 5.10 Å². The predicted octanol–water partition coefficient (Wildman–Crippen LogP) is 1.55. The van der Waals surface area contributed by atoms with Crippen LogP contribution in [-0.4, -0.2) is 33.9 Å². The standard InChI is InChI=1S/C11H15N3O2/c1-8-4-2-3-5-14(8)10-6-9(11(15)16)7-12-13-10/h6-8H,2-5H2,1H3,(H,15,16)/t8-/m1/s1. The average Bonchev–Trinajstić information content (AvgIpc) is 2.30. The lowest BCUT2D eigenvalue weighted by molar-refractivity contribution is 0.0696. The van der Waals surface area contributed by atoms with E-state index in [1.807, 2.05) is 0 Å². The van der Waals surface area contributed by atoms with E-state index >= 15 is 0 Å². The molecule has 5 nitrogen and oxygen atoms in total. The van der Waals surface area contributed by atoms with E-state index in [2.05, 4.69) is 22.0 Å². The lowest BCUT2D eigenvalue weighted by Gasteiger charge is -2.34. The highest BCUT2D eigenvalue weighted by Crippen LogP contribution is 2.22. The fraction of sp³-hybridized carbons (Fsp3) is 0.545. The van der Waals surface area contributed by atoms with Gasteiger partial charge in [-0.1, -0.05) is 0 Å². The smallest absolute Gasteiger partial charge is 0.337 e. The number of hydrogen-bond donors (Lipinski definition) is 1. The first kappa shape index (κ1) is 10.9. The molecular weight excluding hydrogens is 206 g/mol. The van der Waals surface area contributed by atoms with Crippen molar-refractivity contribution >= 4 is 11.8 Å². The molecule has 0 bridgehead atoms. The molecule has 1 fully saturated rings. The highest BCUT2D eigenvalue weighted by Gasteiger charge is 2.20. The van der Waals surface area contributed by atoms with Crippen LogP contribution in [0.3, 0.4) is 0 Å². The maximum atomic E-state index is 10.8. The molecule has 86 valence electrons. The van der Waals surface area contributed by atoms with Gasteiger partial charge in [-0.05, 0) is 32.3 Å². The minimum absolute atomic E-state index is 0.197. The van der Waals surface area contributed by atoms with Crippen LogP contribution in [-0.2, 0) is 0 Å². The first-order chi connectivity index (χ1) is 7.68. The second kappa shape index (κ2) is 4.47. The molecule has 0 saturated carbocycles. The molecule has 0 radical (unpaired) electrons. The Hall–Kier alpha value is -1.65. The third-order valence-electron chi connectivity index (χ3n) is 2.99. The molecule has 1 aliphatic heterocycles. The summed E-state index contributed by atoms with van der Waals surface area (Å²) in [5.41, 5.74) is 0.197. The molecule has 0 aliphatic carbocycles. The number of hydrogen-bond acceptors (Lipinski definition) is 4. The zero-order valence-electron chi connectivity index (χ0n) is 9.26. The zero-order chi connectivity index (χ0) is 11.5. The lowest BCUT2D eigenvalue weighted by Crippen LogP contribution is -2.38. The Morgan fingerprint density at radius 2 is 2.38 bits per heavy atom. The first-order valence-corrected chi connectivity index (χ1v) is 5.51. The van der Waals surface area contributed by atoms with Gasteiger partial charge in [-0.3, -0.25) is 0 Å². The van der Waals surface area contributed by atoms with Crippen LogP contribution in [0.15, 0.2) is 12.3 Å². The molecule has 0 unspecified atom stereocenters. The number of aromatic carboxylic acids is 1. The lowest BCUT2D eigenvalue weighted by atomic mass is 10.0. The number of carboxylic acid groups (broad SMARTS) is 1. The van der Waals surface area contributed by atoms with Gasteiger partial charge in [-0.25, -0.2) is 4.79 Å². The number of anilines is 1.